The molecule has 1 unspecified atom stereocenters. The predicted octanol–water partition coefficient (Wildman–Crippen LogP) is 2.15. The molecule has 2 nitrogen and oxygen atoms in total. The van der Waals surface area contributed by atoms with Crippen molar-refractivity contribution in [2.75, 3.05) is 0 Å². The van der Waals surface area contributed by atoms with Crippen molar-refractivity contribution in [3.8, 4) is 12.3 Å². The van der Waals surface area contributed by atoms with E-state index in [1.165, 1.54) is 6.92 Å². The van der Waals surface area contributed by atoms with Crippen LogP contribution in [0.5, 0.6) is 0 Å². The maximum atomic E-state index is 10.9. The molecule has 1 aliphatic rings. The average Bonchev–Trinajstić information content (AvgIpc) is 2.81. The van der Waals surface area contributed by atoms with Gasteiger partial charge >= 0.3 is 5.97 Å². The van der Waals surface area contributed by atoms with Crippen molar-refractivity contribution in [2.45, 2.75) is 32.8 Å². The van der Waals surface area contributed by atoms with Gasteiger partial charge in [-0.05, 0) is 26.2 Å². The Balaban J connectivity index is 2.70. The van der Waals surface area contributed by atoms with Crippen molar-refractivity contribution in [3.63, 3.8) is 0 Å². The fourth-order valence-corrected chi connectivity index (χ4v) is 1.86. The summed E-state index contributed by atoms with van der Waals surface area (Å²) in [5.41, 5.74) is 0.360. The molecule has 0 spiro atoms. The largest absolute Gasteiger partial charge is 0.446 e. The molecular formula is C12H16O2. The SMILES string of the molecule is C#CC(C)(OC(C)=O)[C@H]1C[C@@H]1C(=C)C. The third-order valence-electron chi connectivity index (χ3n) is 2.77. The number of carbonyl (C=O) groups excluding carboxylic acids is 1. The summed E-state index contributed by atoms with van der Waals surface area (Å²) >= 11 is 0. The Bertz CT molecular complexity index is 311. The van der Waals surface area contributed by atoms with Crippen molar-refractivity contribution >= 4 is 5.97 Å². The van der Waals surface area contributed by atoms with Crippen LogP contribution in [0.4, 0.5) is 0 Å². The molecule has 0 saturated heterocycles. The fraction of sp³-hybridized carbons (Fsp3) is 0.583. The normalized spacial score (nSPS) is 28.4. The van der Waals surface area contributed by atoms with E-state index < -0.39 is 5.60 Å². The topological polar surface area (TPSA) is 26.3 Å². The van der Waals surface area contributed by atoms with Gasteiger partial charge in [-0.15, -0.1) is 6.42 Å². The van der Waals surface area contributed by atoms with E-state index in [4.69, 9.17) is 11.2 Å². The summed E-state index contributed by atoms with van der Waals surface area (Å²) in [6.45, 7) is 9.04. The minimum atomic E-state index is -0.755. The van der Waals surface area contributed by atoms with E-state index in [0.717, 1.165) is 12.0 Å². The molecule has 0 radical (unpaired) electrons. The fourth-order valence-electron chi connectivity index (χ4n) is 1.86. The first kappa shape index (κ1) is 10.8. The van der Waals surface area contributed by atoms with Crippen LogP contribution < -0.4 is 0 Å². The highest BCUT2D eigenvalue weighted by Gasteiger charge is 2.51. The molecule has 1 aliphatic carbocycles. The maximum absolute atomic E-state index is 10.9. The van der Waals surface area contributed by atoms with Gasteiger partial charge in [0.05, 0.1) is 0 Å². The van der Waals surface area contributed by atoms with E-state index in [1.807, 2.05) is 6.92 Å². The molecule has 0 aliphatic heterocycles. The Labute approximate surface area is 85.3 Å². The Morgan fingerprint density at radius 2 is 2.21 bits per heavy atom. The third kappa shape index (κ3) is 1.98. The second-order valence-corrected chi connectivity index (χ2v) is 4.14. The van der Waals surface area contributed by atoms with Crippen molar-refractivity contribution in [2.24, 2.45) is 11.8 Å². The number of allylic oxidation sites excluding steroid dienone is 1. The van der Waals surface area contributed by atoms with Crippen LogP contribution in [0.3, 0.4) is 0 Å². The summed E-state index contributed by atoms with van der Waals surface area (Å²) in [4.78, 5) is 10.9. The minimum absolute atomic E-state index is 0.244. The molecule has 0 aromatic carbocycles. The minimum Gasteiger partial charge on any atom is -0.446 e. The van der Waals surface area contributed by atoms with Crippen LogP contribution in [0.25, 0.3) is 0 Å². The van der Waals surface area contributed by atoms with Crippen molar-refractivity contribution in [1.82, 2.24) is 0 Å². The zero-order valence-corrected chi connectivity index (χ0v) is 8.96. The van der Waals surface area contributed by atoms with E-state index in [1.54, 1.807) is 6.92 Å². The number of carbonyl (C=O) groups is 1. The molecule has 76 valence electrons. The number of rotatable bonds is 3. The molecule has 0 heterocycles. The van der Waals surface area contributed by atoms with Gasteiger partial charge in [0.15, 0.2) is 5.60 Å². The predicted molar refractivity (Wildman–Crippen MR) is 55.4 cm³/mol. The molecule has 1 saturated carbocycles. The first-order valence-electron chi connectivity index (χ1n) is 4.73. The number of terminal acetylenes is 1. The Morgan fingerprint density at radius 1 is 1.64 bits per heavy atom. The summed E-state index contributed by atoms with van der Waals surface area (Å²) in [7, 11) is 0. The molecule has 3 atom stereocenters. The first-order chi connectivity index (χ1) is 6.40. The molecule has 0 aromatic heterocycles. The van der Waals surface area contributed by atoms with Gasteiger partial charge in [0.2, 0.25) is 0 Å². The van der Waals surface area contributed by atoms with Gasteiger partial charge in [-0.2, -0.15) is 0 Å². The monoisotopic (exact) mass is 192 g/mol. The molecule has 14 heavy (non-hydrogen) atoms. The highest BCUT2D eigenvalue weighted by Crippen LogP contribution is 2.51. The molecule has 0 amide bonds. The first-order valence-corrected chi connectivity index (χ1v) is 4.73. The number of hydrogen-bond donors (Lipinski definition) is 0. The van der Waals surface area contributed by atoms with Gasteiger partial charge in [-0.3, -0.25) is 4.79 Å². The Morgan fingerprint density at radius 3 is 2.50 bits per heavy atom. The summed E-state index contributed by atoms with van der Waals surface area (Å²) in [6.07, 6.45) is 6.38. The summed E-state index contributed by atoms with van der Waals surface area (Å²) < 4.78 is 5.18. The van der Waals surface area contributed by atoms with Gasteiger partial charge in [0, 0.05) is 12.8 Å². The van der Waals surface area contributed by atoms with E-state index in [0.29, 0.717) is 5.92 Å². The van der Waals surface area contributed by atoms with Crippen LogP contribution in [0.1, 0.15) is 27.2 Å². The van der Waals surface area contributed by atoms with Crippen LogP contribution in [0.15, 0.2) is 12.2 Å². The molecule has 0 aromatic rings. The van der Waals surface area contributed by atoms with Crippen LogP contribution in [-0.4, -0.2) is 11.6 Å². The molecule has 2 heteroatoms. The van der Waals surface area contributed by atoms with Crippen LogP contribution in [-0.2, 0) is 9.53 Å². The second kappa shape index (κ2) is 3.49. The highest BCUT2D eigenvalue weighted by molar-refractivity contribution is 5.67. The smallest absolute Gasteiger partial charge is 0.304 e. The average molecular weight is 192 g/mol. The van der Waals surface area contributed by atoms with E-state index in [2.05, 4.69) is 12.5 Å². The van der Waals surface area contributed by atoms with Gasteiger partial charge in [0.1, 0.15) is 0 Å². The summed E-state index contributed by atoms with van der Waals surface area (Å²) in [5, 5.41) is 0. The van der Waals surface area contributed by atoms with E-state index >= 15 is 0 Å². The van der Waals surface area contributed by atoms with Gasteiger partial charge in [-0.1, -0.05) is 18.1 Å². The summed E-state index contributed by atoms with van der Waals surface area (Å²) in [6, 6.07) is 0. The lowest BCUT2D eigenvalue weighted by atomic mass is 9.98. The van der Waals surface area contributed by atoms with Crippen molar-refractivity contribution < 1.29 is 9.53 Å². The van der Waals surface area contributed by atoms with Gasteiger partial charge < -0.3 is 4.74 Å². The Hall–Kier alpha value is -1.23. The van der Waals surface area contributed by atoms with Crippen LogP contribution >= 0.6 is 0 Å². The maximum Gasteiger partial charge on any atom is 0.304 e. The lowest BCUT2D eigenvalue weighted by Gasteiger charge is -2.23. The van der Waals surface area contributed by atoms with E-state index in [9.17, 15) is 4.79 Å². The molecular weight excluding hydrogens is 176 g/mol. The third-order valence-corrected chi connectivity index (χ3v) is 2.77. The summed E-state index contributed by atoms with van der Waals surface area (Å²) in [5.74, 6) is 2.91. The lowest BCUT2D eigenvalue weighted by Crippen LogP contribution is -2.32. The number of esters is 1. The van der Waals surface area contributed by atoms with Crippen molar-refractivity contribution in [1.29, 1.82) is 0 Å². The van der Waals surface area contributed by atoms with Crippen LogP contribution in [0, 0.1) is 24.2 Å². The lowest BCUT2D eigenvalue weighted by molar-refractivity contribution is -0.151. The Kier molecular flexibility index (Phi) is 2.71. The number of ether oxygens (including phenoxy) is 1. The van der Waals surface area contributed by atoms with Crippen molar-refractivity contribution in [3.05, 3.63) is 12.2 Å². The highest BCUT2D eigenvalue weighted by atomic mass is 16.6. The molecule has 1 rings (SSSR count). The molecule has 0 bridgehead atoms. The zero-order chi connectivity index (χ0) is 10.9. The quantitative estimate of drug-likeness (QED) is 0.389. The molecule has 0 N–H and O–H groups in total. The van der Waals surface area contributed by atoms with E-state index in [-0.39, 0.29) is 11.9 Å². The van der Waals surface area contributed by atoms with Gasteiger partial charge in [0.25, 0.3) is 0 Å². The van der Waals surface area contributed by atoms with Gasteiger partial charge in [-0.25, -0.2) is 0 Å². The molecule has 1 fully saturated rings. The zero-order valence-electron chi connectivity index (χ0n) is 8.96. The number of hydrogen-bond acceptors (Lipinski definition) is 2. The van der Waals surface area contributed by atoms with Crippen LogP contribution in [0.2, 0.25) is 0 Å². The second-order valence-electron chi connectivity index (χ2n) is 4.14. The standard InChI is InChI=1S/C12H16O2/c1-6-12(5,14-9(4)13)11-7-10(11)8(2)3/h1,10-11H,2,7H2,3-5H3/t10-,11+,12?/m1/s1.